The van der Waals surface area contributed by atoms with E-state index in [9.17, 15) is 9.59 Å². The van der Waals surface area contributed by atoms with Crippen molar-refractivity contribution in [2.24, 2.45) is 5.92 Å². The van der Waals surface area contributed by atoms with E-state index in [0.29, 0.717) is 12.8 Å². The average Bonchev–Trinajstić information content (AvgIpc) is 2.51. The lowest BCUT2D eigenvalue weighted by atomic mass is 9.96. The fourth-order valence-electron chi connectivity index (χ4n) is 2.45. The highest BCUT2D eigenvalue weighted by atomic mass is 16.4. The number of hydrogen-bond acceptors (Lipinski definition) is 2. The van der Waals surface area contributed by atoms with Crippen LogP contribution in [0.15, 0.2) is 24.3 Å². The van der Waals surface area contributed by atoms with E-state index in [-0.39, 0.29) is 18.4 Å². The summed E-state index contributed by atoms with van der Waals surface area (Å²) in [4.78, 5) is 23.0. The number of aliphatic carboxylic acids is 1. The molecule has 4 heteroatoms. The molecule has 0 bridgehead atoms. The van der Waals surface area contributed by atoms with Crippen LogP contribution in [0.2, 0.25) is 0 Å². The highest BCUT2D eigenvalue weighted by Gasteiger charge is 2.18. The molecular weight excluding hydrogens is 278 g/mol. The van der Waals surface area contributed by atoms with Crippen molar-refractivity contribution in [3.63, 3.8) is 0 Å². The Balaban J connectivity index is 2.47. The first-order valence-electron chi connectivity index (χ1n) is 8.06. The van der Waals surface area contributed by atoms with Gasteiger partial charge in [0, 0.05) is 13.0 Å². The number of rotatable bonds is 9. The van der Waals surface area contributed by atoms with Gasteiger partial charge in [0.2, 0.25) is 5.91 Å². The Morgan fingerprint density at radius 2 is 1.82 bits per heavy atom. The first kappa shape index (κ1) is 18.2. The number of amides is 1. The van der Waals surface area contributed by atoms with E-state index in [1.807, 2.05) is 13.8 Å². The van der Waals surface area contributed by atoms with Crippen molar-refractivity contribution in [1.29, 1.82) is 0 Å². The van der Waals surface area contributed by atoms with Crippen LogP contribution in [0.4, 0.5) is 0 Å². The summed E-state index contributed by atoms with van der Waals surface area (Å²) in [6.45, 7) is 6.28. The van der Waals surface area contributed by atoms with Crippen LogP contribution in [0, 0.1) is 5.92 Å². The zero-order valence-electron chi connectivity index (χ0n) is 13.8. The fourth-order valence-corrected chi connectivity index (χ4v) is 2.45. The SMILES string of the molecule is CCCC(CNC(=O)CC(C)c1ccc(CC)cc1)C(=O)O. The number of carboxylic acid groups (broad SMARTS) is 1. The lowest BCUT2D eigenvalue weighted by Crippen LogP contribution is -2.33. The van der Waals surface area contributed by atoms with Gasteiger partial charge in [0.1, 0.15) is 0 Å². The number of aryl methyl sites for hydroxylation is 1. The molecule has 0 saturated heterocycles. The van der Waals surface area contributed by atoms with Crippen LogP contribution in [0.5, 0.6) is 0 Å². The Labute approximate surface area is 132 Å². The maximum Gasteiger partial charge on any atom is 0.308 e. The van der Waals surface area contributed by atoms with E-state index in [1.54, 1.807) is 0 Å². The van der Waals surface area contributed by atoms with Crippen LogP contribution < -0.4 is 5.32 Å². The van der Waals surface area contributed by atoms with Gasteiger partial charge in [-0.15, -0.1) is 0 Å². The highest BCUT2D eigenvalue weighted by Crippen LogP contribution is 2.19. The minimum absolute atomic E-state index is 0.0885. The molecule has 0 saturated carbocycles. The van der Waals surface area contributed by atoms with Crippen molar-refractivity contribution in [3.05, 3.63) is 35.4 Å². The molecule has 2 atom stereocenters. The maximum absolute atomic E-state index is 12.0. The topological polar surface area (TPSA) is 66.4 Å². The Morgan fingerprint density at radius 1 is 1.18 bits per heavy atom. The molecule has 0 aliphatic carbocycles. The van der Waals surface area contributed by atoms with Crippen LogP contribution in [0.3, 0.4) is 0 Å². The molecule has 1 aromatic rings. The van der Waals surface area contributed by atoms with Crippen molar-refractivity contribution < 1.29 is 14.7 Å². The van der Waals surface area contributed by atoms with Gasteiger partial charge < -0.3 is 10.4 Å². The van der Waals surface area contributed by atoms with E-state index in [4.69, 9.17) is 5.11 Å². The Morgan fingerprint density at radius 3 is 2.32 bits per heavy atom. The van der Waals surface area contributed by atoms with Crippen LogP contribution >= 0.6 is 0 Å². The van der Waals surface area contributed by atoms with E-state index in [2.05, 4.69) is 36.5 Å². The number of carbonyl (C=O) groups is 2. The summed E-state index contributed by atoms with van der Waals surface area (Å²) in [5.41, 5.74) is 2.42. The highest BCUT2D eigenvalue weighted by molar-refractivity contribution is 5.78. The molecule has 0 heterocycles. The van der Waals surface area contributed by atoms with Crippen molar-refractivity contribution in [3.8, 4) is 0 Å². The molecule has 0 aliphatic heterocycles. The first-order valence-corrected chi connectivity index (χ1v) is 8.06. The largest absolute Gasteiger partial charge is 0.481 e. The van der Waals surface area contributed by atoms with Gasteiger partial charge in [0.15, 0.2) is 0 Å². The normalized spacial score (nSPS) is 13.4. The molecule has 0 spiro atoms. The lowest BCUT2D eigenvalue weighted by Gasteiger charge is -2.15. The zero-order chi connectivity index (χ0) is 16.5. The molecule has 1 rings (SSSR count). The smallest absolute Gasteiger partial charge is 0.308 e. The van der Waals surface area contributed by atoms with Crippen LogP contribution in [-0.2, 0) is 16.0 Å². The molecule has 4 nitrogen and oxygen atoms in total. The Bertz CT molecular complexity index is 482. The van der Waals surface area contributed by atoms with Gasteiger partial charge in [-0.05, 0) is 29.9 Å². The number of hydrogen-bond donors (Lipinski definition) is 2. The second-order valence-corrected chi connectivity index (χ2v) is 5.83. The molecule has 1 aromatic carbocycles. The second kappa shape index (κ2) is 9.23. The molecule has 0 radical (unpaired) electrons. The van der Waals surface area contributed by atoms with Gasteiger partial charge in [-0.3, -0.25) is 9.59 Å². The van der Waals surface area contributed by atoms with Gasteiger partial charge >= 0.3 is 5.97 Å². The molecule has 1 amide bonds. The maximum atomic E-state index is 12.0. The van der Waals surface area contributed by atoms with Crippen molar-refractivity contribution >= 4 is 11.9 Å². The summed E-state index contributed by atoms with van der Waals surface area (Å²) in [7, 11) is 0. The fraction of sp³-hybridized carbons (Fsp3) is 0.556. The first-order chi connectivity index (χ1) is 10.5. The molecule has 2 unspecified atom stereocenters. The predicted molar refractivity (Wildman–Crippen MR) is 87.9 cm³/mol. The predicted octanol–water partition coefficient (Wildman–Crippen LogP) is 3.36. The van der Waals surface area contributed by atoms with E-state index in [0.717, 1.165) is 18.4 Å². The van der Waals surface area contributed by atoms with Gasteiger partial charge in [0.25, 0.3) is 0 Å². The van der Waals surface area contributed by atoms with E-state index in [1.165, 1.54) is 5.56 Å². The lowest BCUT2D eigenvalue weighted by molar-refractivity contribution is -0.141. The summed E-state index contributed by atoms with van der Waals surface area (Å²) in [6, 6.07) is 8.30. The number of carbonyl (C=O) groups excluding carboxylic acids is 1. The molecule has 2 N–H and O–H groups in total. The minimum Gasteiger partial charge on any atom is -0.481 e. The third-order valence-corrected chi connectivity index (χ3v) is 3.98. The number of carboxylic acids is 1. The Hall–Kier alpha value is -1.84. The van der Waals surface area contributed by atoms with Gasteiger partial charge in [-0.2, -0.15) is 0 Å². The van der Waals surface area contributed by atoms with Crippen molar-refractivity contribution in [2.75, 3.05) is 6.54 Å². The number of nitrogens with one attached hydrogen (secondary N) is 1. The zero-order valence-corrected chi connectivity index (χ0v) is 13.8. The third kappa shape index (κ3) is 5.88. The molecule has 0 aliphatic rings. The van der Waals surface area contributed by atoms with Crippen molar-refractivity contribution in [2.45, 2.75) is 52.4 Å². The van der Waals surface area contributed by atoms with Crippen molar-refractivity contribution in [1.82, 2.24) is 5.32 Å². The van der Waals surface area contributed by atoms with Crippen LogP contribution in [0.25, 0.3) is 0 Å². The molecule has 0 aromatic heterocycles. The standard InChI is InChI=1S/C18H27NO3/c1-4-6-16(18(21)22)12-19-17(20)11-13(3)15-9-7-14(5-2)8-10-15/h7-10,13,16H,4-6,11-12H2,1-3H3,(H,19,20)(H,21,22). The average molecular weight is 305 g/mol. The summed E-state index contributed by atoms with van der Waals surface area (Å²) >= 11 is 0. The third-order valence-electron chi connectivity index (χ3n) is 3.98. The quantitative estimate of drug-likeness (QED) is 0.735. The van der Waals surface area contributed by atoms with Gasteiger partial charge in [0.05, 0.1) is 5.92 Å². The van der Waals surface area contributed by atoms with Gasteiger partial charge in [-0.1, -0.05) is 51.5 Å². The molecule has 22 heavy (non-hydrogen) atoms. The van der Waals surface area contributed by atoms with Crippen LogP contribution in [-0.4, -0.2) is 23.5 Å². The minimum atomic E-state index is -0.842. The van der Waals surface area contributed by atoms with E-state index < -0.39 is 11.9 Å². The second-order valence-electron chi connectivity index (χ2n) is 5.83. The van der Waals surface area contributed by atoms with E-state index >= 15 is 0 Å². The number of benzene rings is 1. The summed E-state index contributed by atoms with van der Waals surface area (Å²) in [6.07, 6.45) is 2.77. The Kier molecular flexibility index (Phi) is 7.64. The molecule has 122 valence electrons. The summed E-state index contributed by atoms with van der Waals surface area (Å²) in [5, 5.41) is 11.8. The van der Waals surface area contributed by atoms with Gasteiger partial charge in [-0.25, -0.2) is 0 Å². The molecular formula is C18H27NO3. The monoisotopic (exact) mass is 305 g/mol. The summed E-state index contributed by atoms with van der Waals surface area (Å²) < 4.78 is 0. The summed E-state index contributed by atoms with van der Waals surface area (Å²) in [5.74, 6) is -1.30. The van der Waals surface area contributed by atoms with Crippen LogP contribution in [0.1, 0.15) is 57.1 Å². The molecule has 0 fully saturated rings.